The van der Waals surface area contributed by atoms with Crippen molar-refractivity contribution in [1.82, 2.24) is 5.32 Å². The van der Waals surface area contributed by atoms with Gasteiger partial charge in [-0.15, -0.1) is 0 Å². The zero-order valence-electron chi connectivity index (χ0n) is 6.76. The first-order valence-electron chi connectivity index (χ1n) is 4.17. The maximum absolute atomic E-state index is 10.7. The smallest absolute Gasteiger partial charge is 0.220 e. The molecule has 1 aliphatic heterocycles. The van der Waals surface area contributed by atoms with Crippen LogP contribution < -0.4 is 11.1 Å². The van der Waals surface area contributed by atoms with Gasteiger partial charge in [0.05, 0.1) is 0 Å². The van der Waals surface area contributed by atoms with Gasteiger partial charge in [-0.1, -0.05) is 0 Å². The number of nitrogens with two attached hydrogens (primary N) is 1. The summed E-state index contributed by atoms with van der Waals surface area (Å²) in [7, 11) is 0. The first-order valence-corrected chi connectivity index (χ1v) is 4.17. The van der Waals surface area contributed by atoms with Gasteiger partial charge in [-0.2, -0.15) is 0 Å². The van der Waals surface area contributed by atoms with E-state index in [-0.39, 0.29) is 11.8 Å². The standard InChI is InChI=1S/C8H14N2O/c1-5-8(4-10-5)2-6(3-8)7(9)11/h5-6,10H,2-4H2,1H3,(H2,9,11). The highest BCUT2D eigenvalue weighted by molar-refractivity contribution is 5.78. The van der Waals surface area contributed by atoms with Crippen molar-refractivity contribution in [3.05, 3.63) is 0 Å². The number of hydrogen-bond acceptors (Lipinski definition) is 2. The van der Waals surface area contributed by atoms with Crippen molar-refractivity contribution in [3.8, 4) is 0 Å². The van der Waals surface area contributed by atoms with E-state index in [1.165, 1.54) is 0 Å². The van der Waals surface area contributed by atoms with Gasteiger partial charge in [0.25, 0.3) is 0 Å². The van der Waals surface area contributed by atoms with E-state index in [2.05, 4.69) is 12.2 Å². The predicted molar refractivity (Wildman–Crippen MR) is 41.8 cm³/mol. The molecule has 0 aromatic carbocycles. The third-order valence-electron chi connectivity index (χ3n) is 3.39. The molecule has 1 atom stereocenters. The Hall–Kier alpha value is -0.570. The van der Waals surface area contributed by atoms with Crippen molar-refractivity contribution in [3.63, 3.8) is 0 Å². The van der Waals surface area contributed by atoms with Gasteiger partial charge in [0.1, 0.15) is 0 Å². The molecule has 3 heteroatoms. The second kappa shape index (κ2) is 1.97. The zero-order chi connectivity index (χ0) is 8.06. The summed E-state index contributed by atoms with van der Waals surface area (Å²) < 4.78 is 0. The van der Waals surface area contributed by atoms with Crippen LogP contribution in [0.3, 0.4) is 0 Å². The number of primary amides is 1. The predicted octanol–water partition coefficient (Wildman–Crippen LogP) is -0.140. The quantitative estimate of drug-likeness (QED) is 0.552. The normalized spacial score (nSPS) is 48.1. The van der Waals surface area contributed by atoms with E-state index in [0.717, 1.165) is 19.4 Å². The first-order chi connectivity index (χ1) is 5.14. The Morgan fingerprint density at radius 1 is 1.64 bits per heavy atom. The van der Waals surface area contributed by atoms with Gasteiger partial charge < -0.3 is 11.1 Å². The van der Waals surface area contributed by atoms with Crippen LogP contribution in [-0.4, -0.2) is 18.5 Å². The minimum absolute atomic E-state index is 0.116. The molecule has 1 spiro atoms. The van der Waals surface area contributed by atoms with Crippen LogP contribution in [0, 0.1) is 11.3 Å². The lowest BCUT2D eigenvalue weighted by Gasteiger charge is -2.58. The van der Waals surface area contributed by atoms with Crippen molar-refractivity contribution in [2.24, 2.45) is 17.1 Å². The van der Waals surface area contributed by atoms with Gasteiger partial charge in [-0.25, -0.2) is 0 Å². The average Bonchev–Trinajstić information content (AvgIpc) is 1.81. The number of amides is 1. The second-order valence-corrected chi connectivity index (χ2v) is 3.97. The molecule has 0 aromatic heterocycles. The Morgan fingerprint density at radius 3 is 2.55 bits per heavy atom. The van der Waals surface area contributed by atoms with Crippen molar-refractivity contribution >= 4 is 5.91 Å². The molecule has 1 aliphatic carbocycles. The van der Waals surface area contributed by atoms with Crippen LogP contribution in [0.4, 0.5) is 0 Å². The van der Waals surface area contributed by atoms with Gasteiger partial charge in [-0.3, -0.25) is 4.79 Å². The molecule has 0 bridgehead atoms. The lowest BCUT2D eigenvalue weighted by Crippen LogP contribution is -2.67. The molecule has 2 fully saturated rings. The fourth-order valence-corrected chi connectivity index (χ4v) is 2.22. The molecule has 1 saturated carbocycles. The highest BCUT2D eigenvalue weighted by Gasteiger charge is 2.54. The van der Waals surface area contributed by atoms with E-state index >= 15 is 0 Å². The molecule has 11 heavy (non-hydrogen) atoms. The highest BCUT2D eigenvalue weighted by Crippen LogP contribution is 2.51. The van der Waals surface area contributed by atoms with Crippen LogP contribution in [0.15, 0.2) is 0 Å². The van der Waals surface area contributed by atoms with Crippen molar-refractivity contribution in [2.75, 3.05) is 6.54 Å². The first kappa shape index (κ1) is 7.10. The minimum Gasteiger partial charge on any atom is -0.369 e. The molecule has 62 valence electrons. The van der Waals surface area contributed by atoms with E-state index in [0.29, 0.717) is 11.5 Å². The lowest BCUT2D eigenvalue weighted by atomic mass is 9.54. The Morgan fingerprint density at radius 2 is 2.27 bits per heavy atom. The van der Waals surface area contributed by atoms with E-state index in [1.807, 2.05) is 0 Å². The zero-order valence-corrected chi connectivity index (χ0v) is 6.76. The summed E-state index contributed by atoms with van der Waals surface area (Å²) in [5, 5.41) is 3.31. The number of nitrogens with one attached hydrogen (secondary N) is 1. The summed E-state index contributed by atoms with van der Waals surface area (Å²) in [6.07, 6.45) is 2.02. The van der Waals surface area contributed by atoms with Crippen LogP contribution in [0.5, 0.6) is 0 Å². The average molecular weight is 154 g/mol. The van der Waals surface area contributed by atoms with Crippen molar-refractivity contribution in [2.45, 2.75) is 25.8 Å². The lowest BCUT2D eigenvalue weighted by molar-refractivity contribution is -0.134. The third-order valence-corrected chi connectivity index (χ3v) is 3.39. The molecular formula is C8H14N2O. The van der Waals surface area contributed by atoms with Crippen molar-refractivity contribution in [1.29, 1.82) is 0 Å². The Bertz CT molecular complexity index is 196. The Kier molecular flexibility index (Phi) is 1.27. The molecule has 1 unspecified atom stereocenters. The molecule has 2 rings (SSSR count). The molecule has 2 aliphatic rings. The van der Waals surface area contributed by atoms with Crippen LogP contribution in [0.1, 0.15) is 19.8 Å². The third kappa shape index (κ3) is 0.805. The molecule has 0 radical (unpaired) electrons. The minimum atomic E-state index is -0.116. The number of rotatable bonds is 1. The largest absolute Gasteiger partial charge is 0.369 e. The van der Waals surface area contributed by atoms with E-state index < -0.39 is 0 Å². The summed E-state index contributed by atoms with van der Waals surface area (Å²) in [6.45, 7) is 3.26. The summed E-state index contributed by atoms with van der Waals surface area (Å²) in [5.41, 5.74) is 5.63. The van der Waals surface area contributed by atoms with Crippen LogP contribution >= 0.6 is 0 Å². The molecule has 3 nitrogen and oxygen atoms in total. The van der Waals surface area contributed by atoms with Gasteiger partial charge in [0.2, 0.25) is 5.91 Å². The monoisotopic (exact) mass is 154 g/mol. The second-order valence-electron chi connectivity index (χ2n) is 3.97. The highest BCUT2D eigenvalue weighted by atomic mass is 16.1. The van der Waals surface area contributed by atoms with E-state index in [1.54, 1.807) is 0 Å². The molecule has 1 saturated heterocycles. The molecule has 1 heterocycles. The topological polar surface area (TPSA) is 55.1 Å². The maximum Gasteiger partial charge on any atom is 0.220 e. The van der Waals surface area contributed by atoms with E-state index in [9.17, 15) is 4.79 Å². The van der Waals surface area contributed by atoms with Crippen LogP contribution in [0.2, 0.25) is 0 Å². The van der Waals surface area contributed by atoms with Gasteiger partial charge >= 0.3 is 0 Å². The Labute approximate surface area is 66.3 Å². The van der Waals surface area contributed by atoms with Crippen LogP contribution in [0.25, 0.3) is 0 Å². The van der Waals surface area contributed by atoms with Crippen LogP contribution in [-0.2, 0) is 4.79 Å². The fourth-order valence-electron chi connectivity index (χ4n) is 2.22. The summed E-state index contributed by atoms with van der Waals surface area (Å²) in [4.78, 5) is 10.7. The maximum atomic E-state index is 10.7. The van der Waals surface area contributed by atoms with Crippen molar-refractivity contribution < 1.29 is 4.79 Å². The van der Waals surface area contributed by atoms with Gasteiger partial charge in [-0.05, 0) is 25.2 Å². The van der Waals surface area contributed by atoms with Gasteiger partial charge in [0, 0.05) is 18.5 Å². The summed E-state index contributed by atoms with van der Waals surface area (Å²) in [5.74, 6) is 0.0503. The van der Waals surface area contributed by atoms with E-state index in [4.69, 9.17) is 5.73 Å². The molecule has 1 amide bonds. The number of carbonyl (C=O) groups is 1. The summed E-state index contributed by atoms with van der Waals surface area (Å²) >= 11 is 0. The SMILES string of the molecule is CC1NCC12CC(C(N)=O)C2. The Balaban J connectivity index is 1.92. The summed E-state index contributed by atoms with van der Waals surface area (Å²) in [6, 6.07) is 0.595. The number of hydrogen-bond donors (Lipinski definition) is 2. The number of carbonyl (C=O) groups excluding carboxylic acids is 1. The van der Waals surface area contributed by atoms with Gasteiger partial charge in [0.15, 0.2) is 0 Å². The fraction of sp³-hybridized carbons (Fsp3) is 0.875. The molecular weight excluding hydrogens is 140 g/mol. The molecule has 3 N–H and O–H groups in total. The molecule has 0 aromatic rings.